The fourth-order valence-corrected chi connectivity index (χ4v) is 3.16. The molecule has 0 saturated carbocycles. The third kappa shape index (κ3) is 2.91. The van der Waals surface area contributed by atoms with Gasteiger partial charge in [-0.3, -0.25) is 4.79 Å². The van der Waals surface area contributed by atoms with Crippen molar-refractivity contribution in [2.75, 3.05) is 18.9 Å². The van der Waals surface area contributed by atoms with Crippen LogP contribution >= 0.6 is 11.3 Å². The van der Waals surface area contributed by atoms with Crippen LogP contribution in [0.1, 0.15) is 21.9 Å². The average Bonchev–Trinajstić information content (AvgIpc) is 3.11. The van der Waals surface area contributed by atoms with Crippen LogP contribution in [0.4, 0.5) is 5.69 Å². The maximum Gasteiger partial charge on any atom is 0.318 e. The molecule has 0 bridgehead atoms. The number of carbonyl (C=O) groups is 1. The van der Waals surface area contributed by atoms with Gasteiger partial charge in [0.15, 0.2) is 5.76 Å². The van der Waals surface area contributed by atoms with Gasteiger partial charge in [0.2, 0.25) is 0 Å². The number of hydrogen-bond donors (Lipinski definition) is 3. The Kier molecular flexibility index (Phi) is 4.36. The lowest BCUT2D eigenvalue weighted by molar-refractivity contribution is 0.100. The first-order chi connectivity index (χ1) is 11.5. The van der Waals surface area contributed by atoms with Crippen molar-refractivity contribution in [1.29, 1.82) is 0 Å². The predicted octanol–water partition coefficient (Wildman–Crippen LogP) is 1.70. The second-order valence-corrected chi connectivity index (χ2v) is 6.08. The Bertz CT molecular complexity index is 902. The lowest BCUT2D eigenvalue weighted by Crippen LogP contribution is -2.10. The topological polar surface area (TPSA) is 137 Å². The summed E-state index contributed by atoms with van der Waals surface area (Å²) in [5.74, 6) is 0.579. The maximum atomic E-state index is 11.6. The van der Waals surface area contributed by atoms with E-state index in [2.05, 4.69) is 9.97 Å². The van der Waals surface area contributed by atoms with E-state index < -0.39 is 5.91 Å². The fourth-order valence-electron chi connectivity index (χ4n) is 2.22. The second-order valence-electron chi connectivity index (χ2n) is 5.08. The van der Waals surface area contributed by atoms with Crippen LogP contribution in [-0.2, 0) is 0 Å². The molecule has 3 aromatic heterocycles. The molecule has 5 N–H and O–H groups in total. The Labute approximate surface area is 141 Å². The summed E-state index contributed by atoms with van der Waals surface area (Å²) in [4.78, 5) is 20.9. The minimum Gasteiger partial charge on any atom is -0.463 e. The summed E-state index contributed by atoms with van der Waals surface area (Å²) < 4.78 is 11.1. The largest absolute Gasteiger partial charge is 0.463 e. The number of amides is 1. The highest BCUT2D eigenvalue weighted by molar-refractivity contribution is 7.21. The van der Waals surface area contributed by atoms with Crippen LogP contribution < -0.4 is 16.2 Å². The smallest absolute Gasteiger partial charge is 0.318 e. The summed E-state index contributed by atoms with van der Waals surface area (Å²) in [5, 5.41) is 9.36. The molecule has 0 atom stereocenters. The van der Waals surface area contributed by atoms with Crippen LogP contribution in [0.3, 0.4) is 0 Å². The van der Waals surface area contributed by atoms with Crippen molar-refractivity contribution in [2.24, 2.45) is 5.73 Å². The first-order valence-electron chi connectivity index (χ1n) is 7.21. The van der Waals surface area contributed by atoms with Crippen molar-refractivity contribution in [3.05, 3.63) is 22.8 Å². The summed E-state index contributed by atoms with van der Waals surface area (Å²) in [6, 6.07) is 3.68. The molecule has 126 valence electrons. The number of nitrogen functional groups attached to an aromatic ring is 1. The van der Waals surface area contributed by atoms with E-state index in [1.807, 2.05) is 6.92 Å². The number of aromatic nitrogens is 2. The maximum absolute atomic E-state index is 11.6. The van der Waals surface area contributed by atoms with Gasteiger partial charge in [0.05, 0.1) is 17.7 Å². The molecule has 9 heteroatoms. The molecule has 0 aliphatic heterocycles. The molecule has 8 nitrogen and oxygen atoms in total. The van der Waals surface area contributed by atoms with Gasteiger partial charge in [-0.2, -0.15) is 9.97 Å². The Morgan fingerprint density at radius 2 is 2.21 bits per heavy atom. The molecule has 3 aromatic rings. The predicted molar refractivity (Wildman–Crippen MR) is 90.0 cm³/mol. The normalized spacial score (nSPS) is 11.1. The van der Waals surface area contributed by atoms with Gasteiger partial charge in [0.25, 0.3) is 5.91 Å². The van der Waals surface area contributed by atoms with Crippen LogP contribution in [0.2, 0.25) is 0 Å². The standard InChI is InChI=1S/C15H16N4O4S/c1-7-3-4-8(23-7)11-9-10(16)12(13(17)21)24-14(9)19-15(18-11)22-6-2-5-20/h3-4,20H,2,5-6,16H2,1H3,(H2,17,21). The van der Waals surface area contributed by atoms with E-state index in [4.69, 9.17) is 25.7 Å². The van der Waals surface area contributed by atoms with Crippen molar-refractivity contribution >= 4 is 33.1 Å². The average molecular weight is 348 g/mol. The van der Waals surface area contributed by atoms with E-state index in [0.29, 0.717) is 33.9 Å². The van der Waals surface area contributed by atoms with Crippen molar-refractivity contribution in [1.82, 2.24) is 9.97 Å². The van der Waals surface area contributed by atoms with Crippen molar-refractivity contribution < 1.29 is 19.1 Å². The number of furan rings is 1. The molecular formula is C15H16N4O4S. The number of fused-ring (bicyclic) bond motifs is 1. The molecule has 3 rings (SSSR count). The number of thiophene rings is 1. The molecule has 0 radical (unpaired) electrons. The number of nitrogens with zero attached hydrogens (tertiary/aromatic N) is 2. The number of hydrogen-bond acceptors (Lipinski definition) is 8. The van der Waals surface area contributed by atoms with Gasteiger partial charge in [0.1, 0.15) is 21.2 Å². The number of rotatable bonds is 6. The SMILES string of the molecule is Cc1ccc(-c2nc(OCCCO)nc3sc(C(N)=O)c(N)c23)o1. The summed E-state index contributed by atoms with van der Waals surface area (Å²) in [5.41, 5.74) is 12.1. The highest BCUT2D eigenvalue weighted by atomic mass is 32.1. The number of aryl methyl sites for hydroxylation is 1. The van der Waals surface area contributed by atoms with Gasteiger partial charge in [-0.05, 0) is 19.1 Å². The van der Waals surface area contributed by atoms with E-state index in [-0.39, 0.29) is 29.8 Å². The Balaban J connectivity index is 2.18. The van der Waals surface area contributed by atoms with E-state index in [9.17, 15) is 4.79 Å². The van der Waals surface area contributed by atoms with Gasteiger partial charge >= 0.3 is 6.01 Å². The first-order valence-corrected chi connectivity index (χ1v) is 8.03. The van der Waals surface area contributed by atoms with Crippen LogP contribution in [-0.4, -0.2) is 34.2 Å². The number of carbonyl (C=O) groups excluding carboxylic acids is 1. The third-order valence-corrected chi connectivity index (χ3v) is 4.41. The molecule has 0 aromatic carbocycles. The van der Waals surface area contributed by atoms with Crippen molar-refractivity contribution in [2.45, 2.75) is 13.3 Å². The summed E-state index contributed by atoms with van der Waals surface area (Å²) in [7, 11) is 0. The molecule has 0 fully saturated rings. The molecule has 0 aliphatic carbocycles. The van der Waals surface area contributed by atoms with E-state index in [1.54, 1.807) is 12.1 Å². The monoisotopic (exact) mass is 348 g/mol. The zero-order valence-corrected chi connectivity index (χ0v) is 13.7. The first kappa shape index (κ1) is 16.2. The van der Waals surface area contributed by atoms with Gasteiger partial charge in [-0.1, -0.05) is 0 Å². The van der Waals surface area contributed by atoms with Gasteiger partial charge < -0.3 is 25.7 Å². The highest BCUT2D eigenvalue weighted by Crippen LogP contribution is 2.39. The van der Waals surface area contributed by atoms with Crippen LogP contribution in [0.25, 0.3) is 21.7 Å². The zero-order chi connectivity index (χ0) is 17.3. The second kappa shape index (κ2) is 6.46. The number of aliphatic hydroxyl groups excluding tert-OH is 1. The van der Waals surface area contributed by atoms with Crippen LogP contribution in [0.15, 0.2) is 16.5 Å². The van der Waals surface area contributed by atoms with E-state index in [1.165, 1.54) is 0 Å². The summed E-state index contributed by atoms with van der Waals surface area (Å²) in [6.07, 6.45) is 0.454. The number of ether oxygens (including phenoxy) is 1. The number of anilines is 1. The van der Waals surface area contributed by atoms with Gasteiger partial charge in [0, 0.05) is 13.0 Å². The highest BCUT2D eigenvalue weighted by Gasteiger charge is 2.22. The lowest BCUT2D eigenvalue weighted by Gasteiger charge is -2.06. The van der Waals surface area contributed by atoms with E-state index >= 15 is 0 Å². The quantitative estimate of drug-likeness (QED) is 0.576. The Hall–Kier alpha value is -2.65. The van der Waals surface area contributed by atoms with Crippen molar-refractivity contribution in [3.8, 4) is 17.5 Å². The van der Waals surface area contributed by atoms with Gasteiger partial charge in [-0.25, -0.2) is 0 Å². The number of primary amides is 1. The molecule has 0 spiro atoms. The molecule has 0 aliphatic rings. The minimum absolute atomic E-state index is 0.00422. The minimum atomic E-state index is -0.625. The van der Waals surface area contributed by atoms with Crippen LogP contribution in [0, 0.1) is 6.92 Å². The van der Waals surface area contributed by atoms with E-state index in [0.717, 1.165) is 11.3 Å². The molecule has 3 heterocycles. The summed E-state index contributed by atoms with van der Waals surface area (Å²) >= 11 is 1.08. The Morgan fingerprint density at radius 1 is 1.42 bits per heavy atom. The number of nitrogens with two attached hydrogens (primary N) is 2. The van der Waals surface area contributed by atoms with Crippen LogP contribution in [0.5, 0.6) is 6.01 Å². The van der Waals surface area contributed by atoms with Gasteiger partial charge in [-0.15, -0.1) is 11.3 Å². The molecule has 1 amide bonds. The zero-order valence-electron chi connectivity index (χ0n) is 12.9. The molecular weight excluding hydrogens is 332 g/mol. The third-order valence-electron chi connectivity index (χ3n) is 3.30. The molecule has 0 saturated heterocycles. The fraction of sp³-hybridized carbons (Fsp3) is 0.267. The summed E-state index contributed by atoms with van der Waals surface area (Å²) in [6.45, 7) is 2.08. The number of aliphatic hydroxyl groups is 1. The van der Waals surface area contributed by atoms with Crippen molar-refractivity contribution in [3.63, 3.8) is 0 Å². The Morgan fingerprint density at radius 3 is 2.83 bits per heavy atom. The molecule has 0 unspecified atom stereocenters. The molecule has 24 heavy (non-hydrogen) atoms. The lowest BCUT2D eigenvalue weighted by atomic mass is 10.2.